The molecule has 2 aromatic carbocycles. The molecule has 2 aromatic rings. The molecule has 1 fully saturated rings. The first-order valence-electron chi connectivity index (χ1n) is 10.4. The van der Waals surface area contributed by atoms with Crippen LogP contribution in [-0.2, 0) is 16.4 Å². The number of carbonyl (C=O) groups excluding carboxylic acids is 1. The fourth-order valence-electron chi connectivity index (χ4n) is 3.94. The Kier molecular flexibility index (Phi) is 7.33. The van der Waals surface area contributed by atoms with Crippen molar-refractivity contribution in [1.82, 2.24) is 9.21 Å². The minimum absolute atomic E-state index is 0.0317. The molecule has 8 heteroatoms. The Labute approximate surface area is 183 Å². The van der Waals surface area contributed by atoms with Crippen molar-refractivity contribution >= 4 is 15.9 Å². The van der Waals surface area contributed by atoms with Crippen molar-refractivity contribution in [3.8, 4) is 5.75 Å². The van der Waals surface area contributed by atoms with Crippen LogP contribution in [0.5, 0.6) is 5.75 Å². The fourth-order valence-corrected chi connectivity index (χ4v) is 5.02. The normalized spacial score (nSPS) is 14.7. The molecule has 1 saturated carbocycles. The van der Waals surface area contributed by atoms with Crippen molar-refractivity contribution in [2.45, 2.75) is 43.0 Å². The Morgan fingerprint density at radius 1 is 1.10 bits per heavy atom. The number of amides is 1. The molecule has 168 valence electrons. The van der Waals surface area contributed by atoms with Gasteiger partial charge in [-0.15, -0.1) is 0 Å². The summed E-state index contributed by atoms with van der Waals surface area (Å²) in [4.78, 5) is 15.3. The highest BCUT2D eigenvalue weighted by atomic mass is 32.2. The molecule has 0 unspecified atom stereocenters. The summed E-state index contributed by atoms with van der Waals surface area (Å²) in [5.41, 5.74) is 1.26. The zero-order valence-electron chi connectivity index (χ0n) is 18.2. The highest BCUT2D eigenvalue weighted by Crippen LogP contribution is 2.30. The van der Waals surface area contributed by atoms with E-state index in [-0.39, 0.29) is 28.4 Å². The van der Waals surface area contributed by atoms with Gasteiger partial charge in [0, 0.05) is 32.2 Å². The van der Waals surface area contributed by atoms with Crippen LogP contribution in [0.25, 0.3) is 0 Å². The van der Waals surface area contributed by atoms with Crippen LogP contribution in [0, 0.1) is 5.82 Å². The van der Waals surface area contributed by atoms with Gasteiger partial charge >= 0.3 is 0 Å². The number of benzene rings is 2. The number of methoxy groups -OCH3 is 1. The quantitative estimate of drug-likeness (QED) is 0.618. The second-order valence-electron chi connectivity index (χ2n) is 7.97. The predicted octanol–water partition coefficient (Wildman–Crippen LogP) is 3.71. The Bertz CT molecular complexity index is 1020. The number of hydrogen-bond donors (Lipinski definition) is 0. The summed E-state index contributed by atoms with van der Waals surface area (Å²) in [7, 11) is 0.507. The molecule has 0 saturated heterocycles. The average molecular weight is 449 g/mol. The third-order valence-corrected chi connectivity index (χ3v) is 7.59. The van der Waals surface area contributed by atoms with E-state index in [2.05, 4.69) is 0 Å². The standard InChI is InChI=1S/C23H29FN2O4S/c1-25(2)31(28,29)22-16-18(10-13-21(22)30-3)23(27)26(20-6-4-5-7-20)15-14-17-8-11-19(24)12-9-17/h8-13,16,20H,4-7,14-15H2,1-3H3. The van der Waals surface area contributed by atoms with Crippen LogP contribution >= 0.6 is 0 Å². The Balaban J connectivity index is 1.90. The molecular formula is C23H29FN2O4S. The van der Waals surface area contributed by atoms with Gasteiger partial charge in [-0.3, -0.25) is 4.79 Å². The number of hydrogen-bond acceptors (Lipinski definition) is 4. The Morgan fingerprint density at radius 2 is 1.74 bits per heavy atom. The summed E-state index contributed by atoms with van der Waals surface area (Å²) in [6, 6.07) is 10.9. The van der Waals surface area contributed by atoms with Crippen LogP contribution in [0.3, 0.4) is 0 Å². The first kappa shape index (κ1) is 23.2. The summed E-state index contributed by atoms with van der Waals surface area (Å²) in [6.45, 7) is 0.483. The smallest absolute Gasteiger partial charge is 0.254 e. The first-order chi connectivity index (χ1) is 14.7. The lowest BCUT2D eigenvalue weighted by Gasteiger charge is -2.29. The predicted molar refractivity (Wildman–Crippen MR) is 117 cm³/mol. The van der Waals surface area contributed by atoms with Gasteiger partial charge in [0.2, 0.25) is 10.0 Å². The molecule has 1 amide bonds. The lowest BCUT2D eigenvalue weighted by Crippen LogP contribution is -2.40. The van der Waals surface area contributed by atoms with Crippen molar-refractivity contribution in [3.05, 3.63) is 59.4 Å². The van der Waals surface area contributed by atoms with Crippen molar-refractivity contribution in [3.63, 3.8) is 0 Å². The topological polar surface area (TPSA) is 66.9 Å². The van der Waals surface area contributed by atoms with Gasteiger partial charge in [-0.05, 0) is 55.2 Å². The third kappa shape index (κ3) is 5.25. The third-order valence-electron chi connectivity index (χ3n) is 5.75. The molecule has 0 spiro atoms. The van der Waals surface area contributed by atoms with E-state index in [1.54, 1.807) is 18.2 Å². The molecule has 0 N–H and O–H groups in total. The Morgan fingerprint density at radius 3 is 2.32 bits per heavy atom. The first-order valence-corrected chi connectivity index (χ1v) is 11.8. The summed E-state index contributed by atoms with van der Waals surface area (Å²) in [5.74, 6) is -0.295. The molecule has 1 aliphatic rings. The number of sulfonamides is 1. The molecule has 6 nitrogen and oxygen atoms in total. The molecule has 0 heterocycles. The van der Waals surface area contributed by atoms with Crippen LogP contribution in [0.4, 0.5) is 4.39 Å². The highest BCUT2D eigenvalue weighted by Gasteiger charge is 2.29. The monoisotopic (exact) mass is 448 g/mol. The maximum Gasteiger partial charge on any atom is 0.254 e. The zero-order valence-corrected chi connectivity index (χ0v) is 19.0. The van der Waals surface area contributed by atoms with Crippen LogP contribution < -0.4 is 4.74 Å². The van der Waals surface area contributed by atoms with E-state index < -0.39 is 10.0 Å². The van der Waals surface area contributed by atoms with Gasteiger partial charge in [-0.1, -0.05) is 25.0 Å². The summed E-state index contributed by atoms with van der Waals surface area (Å²) >= 11 is 0. The number of halogens is 1. The summed E-state index contributed by atoms with van der Waals surface area (Å²) in [6.07, 6.45) is 4.57. The average Bonchev–Trinajstić information content (AvgIpc) is 3.29. The summed E-state index contributed by atoms with van der Waals surface area (Å²) in [5, 5.41) is 0. The van der Waals surface area contributed by atoms with Gasteiger partial charge < -0.3 is 9.64 Å². The van der Waals surface area contributed by atoms with E-state index in [0.29, 0.717) is 18.5 Å². The van der Waals surface area contributed by atoms with E-state index in [9.17, 15) is 17.6 Å². The van der Waals surface area contributed by atoms with Gasteiger partial charge in [0.05, 0.1) is 7.11 Å². The van der Waals surface area contributed by atoms with E-state index >= 15 is 0 Å². The van der Waals surface area contributed by atoms with Gasteiger partial charge in [0.1, 0.15) is 16.5 Å². The second kappa shape index (κ2) is 9.78. The van der Waals surface area contributed by atoms with Crippen molar-refractivity contribution in [2.24, 2.45) is 0 Å². The molecule has 1 aliphatic carbocycles. The molecular weight excluding hydrogens is 419 g/mol. The van der Waals surface area contributed by atoms with E-state index in [0.717, 1.165) is 35.6 Å². The molecule has 0 aromatic heterocycles. The lowest BCUT2D eigenvalue weighted by molar-refractivity contribution is 0.0683. The molecule has 0 bridgehead atoms. The Hall–Kier alpha value is -2.45. The molecule has 0 atom stereocenters. The van der Waals surface area contributed by atoms with Gasteiger partial charge in [0.25, 0.3) is 5.91 Å². The molecule has 0 radical (unpaired) electrons. The van der Waals surface area contributed by atoms with Crippen LogP contribution in [0.15, 0.2) is 47.4 Å². The largest absolute Gasteiger partial charge is 0.495 e. The van der Waals surface area contributed by atoms with Crippen LogP contribution in [-0.4, -0.2) is 57.3 Å². The maximum absolute atomic E-state index is 13.5. The summed E-state index contributed by atoms with van der Waals surface area (Å²) < 4.78 is 45.0. The van der Waals surface area contributed by atoms with Gasteiger partial charge in [-0.25, -0.2) is 17.1 Å². The number of rotatable bonds is 8. The fraction of sp³-hybridized carbons (Fsp3) is 0.435. The van der Waals surface area contributed by atoms with Crippen molar-refractivity contribution in [2.75, 3.05) is 27.7 Å². The van der Waals surface area contributed by atoms with E-state index in [1.165, 1.54) is 45.5 Å². The number of carbonyl (C=O) groups is 1. The SMILES string of the molecule is COc1ccc(C(=O)N(CCc2ccc(F)cc2)C2CCCC2)cc1S(=O)(=O)N(C)C. The minimum atomic E-state index is -3.78. The highest BCUT2D eigenvalue weighted by molar-refractivity contribution is 7.89. The maximum atomic E-state index is 13.5. The van der Waals surface area contributed by atoms with E-state index in [4.69, 9.17) is 4.74 Å². The van der Waals surface area contributed by atoms with Crippen molar-refractivity contribution in [1.29, 1.82) is 0 Å². The number of nitrogens with zero attached hydrogens (tertiary/aromatic N) is 2. The molecule has 0 aliphatic heterocycles. The zero-order chi connectivity index (χ0) is 22.6. The van der Waals surface area contributed by atoms with Crippen LogP contribution in [0.2, 0.25) is 0 Å². The molecule has 31 heavy (non-hydrogen) atoms. The second-order valence-corrected chi connectivity index (χ2v) is 10.1. The van der Waals surface area contributed by atoms with Gasteiger partial charge in [-0.2, -0.15) is 0 Å². The lowest BCUT2D eigenvalue weighted by atomic mass is 10.1. The van der Waals surface area contributed by atoms with Crippen LogP contribution in [0.1, 0.15) is 41.6 Å². The minimum Gasteiger partial charge on any atom is -0.495 e. The number of ether oxygens (including phenoxy) is 1. The molecule has 3 rings (SSSR count). The van der Waals surface area contributed by atoms with E-state index in [1.807, 2.05) is 4.90 Å². The van der Waals surface area contributed by atoms with Gasteiger partial charge in [0.15, 0.2) is 0 Å². The van der Waals surface area contributed by atoms with Crippen molar-refractivity contribution < 1.29 is 22.3 Å².